The molecule has 0 fully saturated rings. The molecule has 0 heterocycles. The topological polar surface area (TPSA) is 110 Å². The zero-order valence-corrected chi connectivity index (χ0v) is 13.3. The third-order valence-electron chi connectivity index (χ3n) is 2.98. The van der Waals surface area contributed by atoms with Gasteiger partial charge in [0.25, 0.3) is 5.69 Å². The SMILES string of the molecule is Cc1c(Cl)cc(S(=O)(=O)Oc2ccccc2C#N)cc1[N+](=O)[O-]. The second-order valence-corrected chi connectivity index (χ2v) is 6.41. The van der Waals surface area contributed by atoms with Gasteiger partial charge >= 0.3 is 10.1 Å². The summed E-state index contributed by atoms with van der Waals surface area (Å²) < 4.78 is 29.5. The summed E-state index contributed by atoms with van der Waals surface area (Å²) in [5.74, 6) is -0.172. The number of nitriles is 1. The van der Waals surface area contributed by atoms with Crippen LogP contribution in [0.4, 0.5) is 5.69 Å². The first kappa shape index (κ1) is 16.7. The van der Waals surface area contributed by atoms with Crippen molar-refractivity contribution in [2.75, 3.05) is 0 Å². The standard InChI is InChI=1S/C14H9ClN2O5S/c1-9-12(15)6-11(7-13(9)17(18)19)23(20,21)22-14-5-3-2-4-10(14)8-16/h2-7H,1H3. The average Bonchev–Trinajstić information content (AvgIpc) is 2.49. The van der Waals surface area contributed by atoms with Crippen molar-refractivity contribution < 1.29 is 17.5 Å². The number of hydrogen-bond donors (Lipinski definition) is 0. The summed E-state index contributed by atoms with van der Waals surface area (Å²) in [4.78, 5) is 9.78. The van der Waals surface area contributed by atoms with Crippen LogP contribution in [0.15, 0.2) is 41.3 Å². The molecule has 23 heavy (non-hydrogen) atoms. The fourth-order valence-electron chi connectivity index (χ4n) is 1.77. The van der Waals surface area contributed by atoms with E-state index in [0.29, 0.717) is 0 Å². The molecular formula is C14H9ClN2O5S. The molecule has 0 atom stereocenters. The van der Waals surface area contributed by atoms with Gasteiger partial charge in [-0.25, -0.2) is 0 Å². The molecular weight excluding hydrogens is 344 g/mol. The van der Waals surface area contributed by atoms with E-state index in [4.69, 9.17) is 21.0 Å². The highest BCUT2D eigenvalue weighted by Gasteiger charge is 2.24. The van der Waals surface area contributed by atoms with Crippen LogP contribution in [-0.2, 0) is 10.1 Å². The Morgan fingerprint density at radius 3 is 2.57 bits per heavy atom. The third kappa shape index (κ3) is 3.41. The molecule has 2 aromatic rings. The first-order valence-corrected chi connectivity index (χ1v) is 7.93. The van der Waals surface area contributed by atoms with Gasteiger partial charge in [-0.3, -0.25) is 10.1 Å². The molecule has 9 heteroatoms. The molecule has 0 aliphatic heterocycles. The molecule has 0 spiro atoms. The molecule has 2 aromatic carbocycles. The summed E-state index contributed by atoms with van der Waals surface area (Å²) in [6, 6.07) is 9.46. The van der Waals surface area contributed by atoms with Crippen LogP contribution >= 0.6 is 11.6 Å². The molecule has 0 amide bonds. The number of para-hydroxylation sites is 1. The Hall–Kier alpha value is -2.63. The van der Waals surface area contributed by atoms with Crippen LogP contribution in [-0.4, -0.2) is 13.3 Å². The maximum absolute atomic E-state index is 12.3. The maximum Gasteiger partial charge on any atom is 0.339 e. The predicted molar refractivity (Wildman–Crippen MR) is 81.8 cm³/mol. The molecule has 0 saturated heterocycles. The lowest BCUT2D eigenvalue weighted by molar-refractivity contribution is -0.385. The van der Waals surface area contributed by atoms with Crippen LogP contribution in [0.25, 0.3) is 0 Å². The second-order valence-electron chi connectivity index (χ2n) is 4.45. The molecule has 0 N–H and O–H groups in total. The van der Waals surface area contributed by atoms with E-state index in [1.165, 1.54) is 25.1 Å². The van der Waals surface area contributed by atoms with Crippen LogP contribution in [0.2, 0.25) is 5.02 Å². The van der Waals surface area contributed by atoms with E-state index in [-0.39, 0.29) is 21.9 Å². The van der Waals surface area contributed by atoms with Crippen LogP contribution < -0.4 is 4.18 Å². The lowest BCUT2D eigenvalue weighted by atomic mass is 10.2. The molecule has 0 saturated carbocycles. The Morgan fingerprint density at radius 1 is 1.30 bits per heavy atom. The van der Waals surface area contributed by atoms with Gasteiger partial charge in [0.15, 0.2) is 5.75 Å². The summed E-state index contributed by atoms with van der Waals surface area (Å²) >= 11 is 5.85. The van der Waals surface area contributed by atoms with Crippen molar-refractivity contribution in [1.82, 2.24) is 0 Å². The monoisotopic (exact) mass is 352 g/mol. The smallest absolute Gasteiger partial charge is 0.339 e. The van der Waals surface area contributed by atoms with Crippen LogP contribution in [0.1, 0.15) is 11.1 Å². The van der Waals surface area contributed by atoms with E-state index >= 15 is 0 Å². The number of nitro benzene ring substituents is 1. The van der Waals surface area contributed by atoms with Crippen LogP contribution in [0, 0.1) is 28.4 Å². The molecule has 0 aliphatic rings. The van der Waals surface area contributed by atoms with Gasteiger partial charge in [0.05, 0.1) is 15.5 Å². The number of hydrogen-bond acceptors (Lipinski definition) is 6. The minimum atomic E-state index is -4.38. The van der Waals surface area contributed by atoms with Crippen molar-refractivity contribution in [3.8, 4) is 11.8 Å². The molecule has 7 nitrogen and oxygen atoms in total. The van der Waals surface area contributed by atoms with Gasteiger partial charge in [-0.1, -0.05) is 23.7 Å². The quantitative estimate of drug-likeness (QED) is 0.474. The van der Waals surface area contributed by atoms with E-state index in [0.717, 1.165) is 12.1 Å². The van der Waals surface area contributed by atoms with E-state index in [1.807, 2.05) is 0 Å². The van der Waals surface area contributed by atoms with Crippen molar-refractivity contribution in [2.45, 2.75) is 11.8 Å². The molecule has 0 bridgehead atoms. The molecule has 0 radical (unpaired) electrons. The van der Waals surface area contributed by atoms with Crippen molar-refractivity contribution in [3.63, 3.8) is 0 Å². The zero-order chi connectivity index (χ0) is 17.2. The predicted octanol–water partition coefficient (Wildman–Crippen LogP) is 3.20. The Labute approximate surface area is 137 Å². The molecule has 0 aliphatic carbocycles. The van der Waals surface area contributed by atoms with E-state index < -0.39 is 25.6 Å². The van der Waals surface area contributed by atoms with E-state index in [9.17, 15) is 18.5 Å². The highest BCUT2D eigenvalue weighted by Crippen LogP contribution is 2.31. The fraction of sp³-hybridized carbons (Fsp3) is 0.0714. The lowest BCUT2D eigenvalue weighted by Crippen LogP contribution is -2.11. The van der Waals surface area contributed by atoms with Crippen LogP contribution in [0.5, 0.6) is 5.75 Å². The average molecular weight is 353 g/mol. The summed E-state index contributed by atoms with van der Waals surface area (Å²) in [7, 11) is -4.38. The van der Waals surface area contributed by atoms with Crippen molar-refractivity contribution in [3.05, 3.63) is 62.7 Å². The number of nitrogens with zero attached hydrogens (tertiary/aromatic N) is 2. The third-order valence-corrected chi connectivity index (χ3v) is 4.59. The molecule has 0 aromatic heterocycles. The van der Waals surface area contributed by atoms with Gasteiger partial charge in [-0.2, -0.15) is 13.7 Å². The highest BCUT2D eigenvalue weighted by molar-refractivity contribution is 7.87. The minimum Gasteiger partial charge on any atom is -0.378 e. The normalized spacial score (nSPS) is 10.8. The highest BCUT2D eigenvalue weighted by atomic mass is 35.5. The van der Waals surface area contributed by atoms with Gasteiger partial charge in [0, 0.05) is 11.6 Å². The number of benzene rings is 2. The Kier molecular flexibility index (Phi) is 4.54. The van der Waals surface area contributed by atoms with Crippen molar-refractivity contribution in [1.29, 1.82) is 5.26 Å². The Bertz CT molecular complexity index is 935. The van der Waals surface area contributed by atoms with Gasteiger partial charge in [-0.05, 0) is 25.1 Å². The first-order valence-electron chi connectivity index (χ1n) is 6.14. The van der Waals surface area contributed by atoms with Crippen molar-refractivity contribution in [2.24, 2.45) is 0 Å². The molecule has 0 unspecified atom stereocenters. The summed E-state index contributed by atoms with van der Waals surface area (Å²) in [6.45, 7) is 1.41. The first-order chi connectivity index (χ1) is 10.8. The summed E-state index contributed by atoms with van der Waals surface area (Å²) in [6.07, 6.45) is 0. The number of halogens is 1. The zero-order valence-electron chi connectivity index (χ0n) is 11.7. The largest absolute Gasteiger partial charge is 0.378 e. The lowest BCUT2D eigenvalue weighted by Gasteiger charge is -2.09. The second kappa shape index (κ2) is 6.24. The van der Waals surface area contributed by atoms with Gasteiger partial charge in [0.2, 0.25) is 0 Å². The van der Waals surface area contributed by atoms with E-state index in [1.54, 1.807) is 12.1 Å². The van der Waals surface area contributed by atoms with Gasteiger partial charge in [0.1, 0.15) is 11.0 Å². The maximum atomic E-state index is 12.3. The van der Waals surface area contributed by atoms with Gasteiger partial charge in [-0.15, -0.1) is 0 Å². The molecule has 2 rings (SSSR count). The Morgan fingerprint density at radius 2 is 1.96 bits per heavy atom. The van der Waals surface area contributed by atoms with Crippen LogP contribution in [0.3, 0.4) is 0 Å². The van der Waals surface area contributed by atoms with E-state index in [2.05, 4.69) is 0 Å². The Balaban J connectivity index is 2.53. The van der Waals surface area contributed by atoms with Crippen molar-refractivity contribution >= 4 is 27.4 Å². The minimum absolute atomic E-state index is 0.0174. The summed E-state index contributed by atoms with van der Waals surface area (Å²) in [5, 5.41) is 19.9. The fourth-order valence-corrected chi connectivity index (χ4v) is 3.05. The summed E-state index contributed by atoms with van der Waals surface area (Å²) in [5.41, 5.74) is -0.273. The van der Waals surface area contributed by atoms with Gasteiger partial charge < -0.3 is 4.18 Å². The number of nitro groups is 1. The molecule has 118 valence electrons. The number of rotatable bonds is 4.